The predicted molar refractivity (Wildman–Crippen MR) is 73.6 cm³/mol. The molecule has 2 N–H and O–H groups in total. The normalized spacial score (nSPS) is 10.0. The number of nitrogens with zero attached hydrogens (tertiary/aromatic N) is 2. The molecule has 0 saturated heterocycles. The molecule has 0 radical (unpaired) electrons. The summed E-state index contributed by atoms with van der Waals surface area (Å²) in [7, 11) is 0. The maximum atomic E-state index is 4.39. The third-order valence-electron chi connectivity index (χ3n) is 2.09. The van der Waals surface area contributed by atoms with E-state index in [0.717, 1.165) is 28.3 Å². The molecule has 0 aliphatic carbocycles. The van der Waals surface area contributed by atoms with Crippen LogP contribution in [0.3, 0.4) is 0 Å². The number of hydrogen-bond donors (Lipinski definition) is 2. The van der Waals surface area contributed by atoms with Crippen LogP contribution >= 0.6 is 15.9 Å². The number of aromatic nitrogens is 2. The van der Waals surface area contributed by atoms with Gasteiger partial charge in [-0.05, 0) is 25.1 Å². The minimum atomic E-state index is 0.724. The molecule has 4 nitrogen and oxygen atoms in total. The molecular formula is C12H13BrN4. The average molecular weight is 293 g/mol. The summed E-state index contributed by atoms with van der Waals surface area (Å²) >= 11 is 3.43. The molecule has 0 bridgehead atoms. The van der Waals surface area contributed by atoms with Crippen molar-refractivity contribution in [3.63, 3.8) is 0 Å². The van der Waals surface area contributed by atoms with Crippen LogP contribution in [0, 0.1) is 0 Å². The van der Waals surface area contributed by atoms with E-state index in [1.807, 2.05) is 31.2 Å². The Balaban J connectivity index is 2.15. The molecule has 1 aromatic heterocycles. The lowest BCUT2D eigenvalue weighted by atomic mass is 10.3. The van der Waals surface area contributed by atoms with Gasteiger partial charge in [0.05, 0.1) is 12.4 Å². The summed E-state index contributed by atoms with van der Waals surface area (Å²) in [5.41, 5.74) is 0.974. The van der Waals surface area contributed by atoms with Gasteiger partial charge >= 0.3 is 0 Å². The van der Waals surface area contributed by atoms with Crippen molar-refractivity contribution < 1.29 is 0 Å². The molecule has 0 saturated carbocycles. The van der Waals surface area contributed by atoms with Crippen LogP contribution in [0.25, 0.3) is 0 Å². The first-order valence-electron chi connectivity index (χ1n) is 5.36. The summed E-state index contributed by atoms with van der Waals surface area (Å²) in [6.45, 7) is 2.85. The molecule has 0 spiro atoms. The Labute approximate surface area is 109 Å². The van der Waals surface area contributed by atoms with E-state index >= 15 is 0 Å². The van der Waals surface area contributed by atoms with Crippen LogP contribution in [0.15, 0.2) is 41.1 Å². The van der Waals surface area contributed by atoms with Crippen molar-refractivity contribution in [1.29, 1.82) is 0 Å². The van der Waals surface area contributed by atoms with Crippen LogP contribution in [0.2, 0.25) is 0 Å². The van der Waals surface area contributed by atoms with Crippen molar-refractivity contribution in [2.24, 2.45) is 0 Å². The fourth-order valence-electron chi connectivity index (χ4n) is 1.41. The Morgan fingerprint density at radius 3 is 2.82 bits per heavy atom. The lowest BCUT2D eigenvalue weighted by Gasteiger charge is -2.07. The Kier molecular flexibility index (Phi) is 3.93. The first-order valence-corrected chi connectivity index (χ1v) is 6.15. The fraction of sp³-hybridized carbons (Fsp3) is 0.167. The molecule has 88 valence electrons. The second kappa shape index (κ2) is 5.63. The Bertz CT molecular complexity index is 501. The summed E-state index contributed by atoms with van der Waals surface area (Å²) in [4.78, 5) is 8.51. The first-order chi connectivity index (χ1) is 8.28. The van der Waals surface area contributed by atoms with E-state index in [1.54, 1.807) is 12.4 Å². The van der Waals surface area contributed by atoms with Gasteiger partial charge in [0.25, 0.3) is 0 Å². The van der Waals surface area contributed by atoms with Gasteiger partial charge < -0.3 is 10.6 Å². The molecule has 2 rings (SSSR count). The molecular weight excluding hydrogens is 280 g/mol. The van der Waals surface area contributed by atoms with Gasteiger partial charge in [0.15, 0.2) is 5.82 Å². The molecule has 0 atom stereocenters. The Morgan fingerprint density at radius 2 is 2.06 bits per heavy atom. The van der Waals surface area contributed by atoms with E-state index in [2.05, 4.69) is 36.5 Å². The van der Waals surface area contributed by atoms with Gasteiger partial charge in [-0.15, -0.1) is 0 Å². The number of benzene rings is 1. The molecule has 0 aliphatic rings. The van der Waals surface area contributed by atoms with E-state index in [1.165, 1.54) is 0 Å². The van der Waals surface area contributed by atoms with Crippen molar-refractivity contribution in [2.45, 2.75) is 6.92 Å². The monoisotopic (exact) mass is 292 g/mol. The zero-order valence-electron chi connectivity index (χ0n) is 9.44. The summed E-state index contributed by atoms with van der Waals surface area (Å²) in [6.07, 6.45) is 3.40. The van der Waals surface area contributed by atoms with E-state index in [-0.39, 0.29) is 0 Å². The fourth-order valence-corrected chi connectivity index (χ4v) is 1.81. The maximum absolute atomic E-state index is 4.39. The van der Waals surface area contributed by atoms with Crippen molar-refractivity contribution in [1.82, 2.24) is 9.97 Å². The molecule has 0 amide bonds. The summed E-state index contributed by atoms with van der Waals surface area (Å²) < 4.78 is 1.03. The third-order valence-corrected chi connectivity index (χ3v) is 2.58. The van der Waals surface area contributed by atoms with Gasteiger partial charge in [0.2, 0.25) is 0 Å². The van der Waals surface area contributed by atoms with E-state index in [0.29, 0.717) is 0 Å². The van der Waals surface area contributed by atoms with E-state index < -0.39 is 0 Å². The van der Waals surface area contributed by atoms with Crippen molar-refractivity contribution >= 4 is 33.3 Å². The molecule has 1 aromatic carbocycles. The van der Waals surface area contributed by atoms with Crippen LogP contribution in [0.4, 0.5) is 17.3 Å². The van der Waals surface area contributed by atoms with Crippen LogP contribution in [-0.2, 0) is 0 Å². The van der Waals surface area contributed by atoms with Gasteiger partial charge in [-0.25, -0.2) is 4.98 Å². The molecule has 0 aliphatic heterocycles. The minimum absolute atomic E-state index is 0.724. The van der Waals surface area contributed by atoms with Crippen molar-refractivity contribution in [3.8, 4) is 0 Å². The zero-order chi connectivity index (χ0) is 12.1. The van der Waals surface area contributed by atoms with Gasteiger partial charge in [0, 0.05) is 16.7 Å². The van der Waals surface area contributed by atoms with Gasteiger partial charge in [-0.2, -0.15) is 0 Å². The minimum Gasteiger partial charge on any atom is -0.369 e. The summed E-state index contributed by atoms with van der Waals surface area (Å²) in [5.74, 6) is 1.49. The number of hydrogen-bond acceptors (Lipinski definition) is 4. The van der Waals surface area contributed by atoms with Gasteiger partial charge in [-0.1, -0.05) is 22.0 Å². The van der Waals surface area contributed by atoms with Crippen molar-refractivity contribution in [2.75, 3.05) is 17.2 Å². The topological polar surface area (TPSA) is 49.8 Å². The zero-order valence-corrected chi connectivity index (χ0v) is 11.0. The Morgan fingerprint density at radius 1 is 1.24 bits per heavy atom. The van der Waals surface area contributed by atoms with Gasteiger partial charge in [0.1, 0.15) is 5.82 Å². The largest absolute Gasteiger partial charge is 0.369 e. The number of nitrogens with one attached hydrogen (secondary N) is 2. The highest BCUT2D eigenvalue weighted by molar-refractivity contribution is 9.10. The first kappa shape index (κ1) is 11.9. The van der Waals surface area contributed by atoms with Crippen molar-refractivity contribution in [3.05, 3.63) is 41.1 Å². The summed E-state index contributed by atoms with van der Waals surface area (Å²) in [6, 6.07) is 7.91. The molecule has 0 unspecified atom stereocenters. The summed E-state index contributed by atoms with van der Waals surface area (Å²) in [5, 5.41) is 6.32. The van der Waals surface area contributed by atoms with E-state index in [9.17, 15) is 0 Å². The van der Waals surface area contributed by atoms with Crippen LogP contribution in [0.1, 0.15) is 6.92 Å². The van der Waals surface area contributed by atoms with Gasteiger partial charge in [-0.3, -0.25) is 4.98 Å². The highest BCUT2D eigenvalue weighted by Gasteiger charge is 1.99. The quantitative estimate of drug-likeness (QED) is 0.907. The highest BCUT2D eigenvalue weighted by Crippen LogP contribution is 2.19. The maximum Gasteiger partial charge on any atom is 0.151 e. The van der Waals surface area contributed by atoms with Crippen LogP contribution < -0.4 is 10.6 Å². The molecule has 5 heteroatoms. The smallest absolute Gasteiger partial charge is 0.151 e. The lowest BCUT2D eigenvalue weighted by molar-refractivity contribution is 1.12. The SMILES string of the molecule is CCNc1cncc(Nc2cccc(Br)c2)n1. The number of halogens is 1. The molecule has 2 aromatic rings. The molecule has 17 heavy (non-hydrogen) atoms. The molecule has 1 heterocycles. The second-order valence-electron chi connectivity index (χ2n) is 3.46. The Hall–Kier alpha value is -1.62. The number of anilines is 3. The average Bonchev–Trinajstić information content (AvgIpc) is 2.30. The lowest BCUT2D eigenvalue weighted by Crippen LogP contribution is -2.02. The molecule has 0 fully saturated rings. The van der Waals surface area contributed by atoms with E-state index in [4.69, 9.17) is 0 Å². The predicted octanol–water partition coefficient (Wildman–Crippen LogP) is 3.41. The third kappa shape index (κ3) is 3.42. The standard InChI is InChI=1S/C12H13BrN4/c1-2-15-11-7-14-8-12(17-11)16-10-5-3-4-9(13)6-10/h3-8H,2H2,1H3,(H2,15,16,17). The second-order valence-corrected chi connectivity index (χ2v) is 4.37. The number of rotatable bonds is 4. The van der Waals surface area contributed by atoms with Crippen LogP contribution in [-0.4, -0.2) is 16.5 Å². The van der Waals surface area contributed by atoms with Crippen LogP contribution in [0.5, 0.6) is 0 Å². The highest BCUT2D eigenvalue weighted by atomic mass is 79.9.